The van der Waals surface area contributed by atoms with Crippen LogP contribution in [0.3, 0.4) is 0 Å². The van der Waals surface area contributed by atoms with Gasteiger partial charge in [0.25, 0.3) is 0 Å². The van der Waals surface area contributed by atoms with Crippen LogP contribution in [-0.2, 0) is 16.6 Å². The van der Waals surface area contributed by atoms with Gasteiger partial charge < -0.3 is 10.6 Å². The average Bonchev–Trinajstić information content (AvgIpc) is 3.02. The molecule has 3 N–H and O–H groups in total. The normalized spacial score (nSPS) is 20.5. The summed E-state index contributed by atoms with van der Waals surface area (Å²) >= 11 is 0. The van der Waals surface area contributed by atoms with E-state index in [0.717, 1.165) is 43.7 Å². The van der Waals surface area contributed by atoms with Gasteiger partial charge in [-0.15, -0.1) is 0 Å². The minimum absolute atomic E-state index is 0.229. The lowest BCUT2D eigenvalue weighted by molar-refractivity contribution is -0.135. The summed E-state index contributed by atoms with van der Waals surface area (Å²) < 4.78 is 3.02. The number of nitrogens with two attached hydrogens (primary N) is 1. The van der Waals surface area contributed by atoms with Gasteiger partial charge in [0.15, 0.2) is 0 Å². The molecular formula is C23H29N5O3. The van der Waals surface area contributed by atoms with Gasteiger partial charge in [-0.1, -0.05) is 11.8 Å². The van der Waals surface area contributed by atoms with E-state index in [0.29, 0.717) is 17.9 Å². The van der Waals surface area contributed by atoms with Gasteiger partial charge in [0.05, 0.1) is 11.0 Å². The molecule has 4 rings (SSSR count). The van der Waals surface area contributed by atoms with Crippen molar-refractivity contribution in [2.75, 3.05) is 26.2 Å². The van der Waals surface area contributed by atoms with Crippen molar-refractivity contribution in [3.63, 3.8) is 0 Å². The van der Waals surface area contributed by atoms with E-state index in [-0.39, 0.29) is 18.0 Å². The largest absolute Gasteiger partial charge is 0.330 e. The van der Waals surface area contributed by atoms with E-state index >= 15 is 0 Å². The molecule has 2 fully saturated rings. The summed E-state index contributed by atoms with van der Waals surface area (Å²) in [5, 5.41) is 2.33. The molecule has 164 valence electrons. The Bertz CT molecular complexity index is 1110. The lowest BCUT2D eigenvalue weighted by Crippen LogP contribution is -2.44. The fourth-order valence-corrected chi connectivity index (χ4v) is 4.50. The number of nitrogens with one attached hydrogen (secondary N) is 1. The predicted molar refractivity (Wildman–Crippen MR) is 118 cm³/mol. The van der Waals surface area contributed by atoms with Crippen molar-refractivity contribution in [1.29, 1.82) is 0 Å². The lowest BCUT2D eigenvalue weighted by atomic mass is 9.97. The zero-order chi connectivity index (χ0) is 22.0. The highest BCUT2D eigenvalue weighted by Crippen LogP contribution is 2.23. The molecule has 31 heavy (non-hydrogen) atoms. The molecule has 0 bridgehead atoms. The smallest absolute Gasteiger partial charge is 0.329 e. The zero-order valence-electron chi connectivity index (χ0n) is 17.9. The summed E-state index contributed by atoms with van der Waals surface area (Å²) in [5.74, 6) is 6.38. The number of rotatable bonds is 4. The zero-order valence-corrected chi connectivity index (χ0v) is 17.9. The number of nitrogens with zero attached hydrogens (tertiary/aromatic N) is 3. The van der Waals surface area contributed by atoms with Crippen LogP contribution in [0, 0.1) is 17.8 Å². The van der Waals surface area contributed by atoms with Gasteiger partial charge in [0, 0.05) is 32.0 Å². The maximum atomic E-state index is 12.8. The number of benzene rings is 1. The molecule has 8 nitrogen and oxygen atoms in total. The molecule has 0 spiro atoms. The molecule has 1 atom stereocenters. The van der Waals surface area contributed by atoms with Crippen molar-refractivity contribution in [2.45, 2.75) is 38.1 Å². The Kier molecular flexibility index (Phi) is 6.25. The molecular weight excluding hydrogens is 394 g/mol. The standard InChI is InChI=1S/C23H29N5O3/c1-26-20-14-16(4-2-3-11-27-12-9-17(15-24)10-13-27)5-6-18(20)28(23(26)31)19-7-8-21(29)25-22(19)30/h5-6,14,17,19H,3,7-13,15,24H2,1H3,(H,25,29,30). The van der Waals surface area contributed by atoms with E-state index in [1.165, 1.54) is 22.0 Å². The van der Waals surface area contributed by atoms with Crippen LogP contribution in [0.15, 0.2) is 23.0 Å². The number of hydrogen-bond donors (Lipinski definition) is 2. The van der Waals surface area contributed by atoms with Gasteiger partial charge in [-0.3, -0.25) is 24.0 Å². The van der Waals surface area contributed by atoms with Crippen molar-refractivity contribution in [3.05, 3.63) is 34.2 Å². The molecule has 0 aliphatic carbocycles. The van der Waals surface area contributed by atoms with Crippen LogP contribution < -0.4 is 16.7 Å². The van der Waals surface area contributed by atoms with Crippen LogP contribution in [0.5, 0.6) is 0 Å². The first-order valence-electron chi connectivity index (χ1n) is 10.9. The van der Waals surface area contributed by atoms with Crippen molar-refractivity contribution in [2.24, 2.45) is 18.7 Å². The molecule has 1 aromatic heterocycles. The van der Waals surface area contributed by atoms with Crippen LogP contribution in [-0.4, -0.2) is 52.0 Å². The fourth-order valence-electron chi connectivity index (χ4n) is 4.50. The van der Waals surface area contributed by atoms with Crippen LogP contribution in [0.4, 0.5) is 0 Å². The van der Waals surface area contributed by atoms with Crippen molar-refractivity contribution in [3.8, 4) is 11.8 Å². The SMILES string of the molecule is Cn1c(=O)n(C2CCC(=O)NC2=O)c2ccc(C#CCCN3CCC(CN)CC3)cc21. The second-order valence-corrected chi connectivity index (χ2v) is 8.45. The highest BCUT2D eigenvalue weighted by Gasteiger charge is 2.31. The highest BCUT2D eigenvalue weighted by molar-refractivity contribution is 6.00. The molecule has 0 radical (unpaired) electrons. The van der Waals surface area contributed by atoms with Gasteiger partial charge in [0.2, 0.25) is 11.8 Å². The fraction of sp³-hybridized carbons (Fsp3) is 0.522. The Labute approximate surface area is 181 Å². The van der Waals surface area contributed by atoms with E-state index in [2.05, 4.69) is 22.1 Å². The van der Waals surface area contributed by atoms with Gasteiger partial charge in [0.1, 0.15) is 6.04 Å². The molecule has 1 aromatic carbocycles. The summed E-state index contributed by atoms with van der Waals surface area (Å²) in [7, 11) is 1.69. The molecule has 2 aromatic rings. The van der Waals surface area contributed by atoms with Gasteiger partial charge in [-0.2, -0.15) is 0 Å². The first kappa shape index (κ1) is 21.3. The number of hydrogen-bond acceptors (Lipinski definition) is 5. The molecule has 3 heterocycles. The number of amides is 2. The Hall–Kier alpha value is -2.89. The average molecular weight is 424 g/mol. The number of piperidine rings is 2. The molecule has 8 heteroatoms. The summed E-state index contributed by atoms with van der Waals surface area (Å²) in [4.78, 5) is 39.0. The number of likely N-dealkylation sites (tertiary alicyclic amines) is 1. The number of aromatic nitrogens is 2. The highest BCUT2D eigenvalue weighted by atomic mass is 16.2. The number of imidazole rings is 1. The van der Waals surface area contributed by atoms with E-state index < -0.39 is 11.9 Å². The Morgan fingerprint density at radius 3 is 2.61 bits per heavy atom. The van der Waals surface area contributed by atoms with Crippen LogP contribution in [0.25, 0.3) is 11.0 Å². The number of imide groups is 1. The van der Waals surface area contributed by atoms with E-state index in [1.807, 2.05) is 18.2 Å². The molecule has 1 unspecified atom stereocenters. The summed E-state index contributed by atoms with van der Waals surface area (Å²) in [5.41, 5.74) is 7.73. The maximum absolute atomic E-state index is 12.8. The van der Waals surface area contributed by atoms with E-state index in [9.17, 15) is 14.4 Å². The Morgan fingerprint density at radius 2 is 1.90 bits per heavy atom. The molecule has 2 amide bonds. The minimum atomic E-state index is -0.672. The van der Waals surface area contributed by atoms with E-state index in [1.54, 1.807) is 7.05 Å². The maximum Gasteiger partial charge on any atom is 0.329 e. The molecule has 2 saturated heterocycles. The predicted octanol–water partition coefficient (Wildman–Crippen LogP) is 0.730. The Balaban J connectivity index is 1.48. The third-order valence-electron chi connectivity index (χ3n) is 6.44. The monoisotopic (exact) mass is 423 g/mol. The second-order valence-electron chi connectivity index (χ2n) is 8.45. The summed E-state index contributed by atoms with van der Waals surface area (Å²) in [6, 6.07) is 4.93. The van der Waals surface area contributed by atoms with E-state index in [4.69, 9.17) is 5.73 Å². The molecule has 0 saturated carbocycles. The minimum Gasteiger partial charge on any atom is -0.330 e. The van der Waals surface area contributed by atoms with Gasteiger partial charge in [-0.05, 0) is 63.0 Å². The summed E-state index contributed by atoms with van der Waals surface area (Å²) in [6.45, 7) is 3.91. The van der Waals surface area contributed by atoms with Crippen LogP contribution >= 0.6 is 0 Å². The number of fused-ring (bicyclic) bond motifs is 1. The van der Waals surface area contributed by atoms with Gasteiger partial charge in [-0.25, -0.2) is 4.79 Å². The number of carbonyl (C=O) groups excluding carboxylic acids is 2. The van der Waals surface area contributed by atoms with Crippen molar-refractivity contribution >= 4 is 22.8 Å². The number of aryl methyl sites for hydroxylation is 1. The topological polar surface area (TPSA) is 102 Å². The van der Waals surface area contributed by atoms with Crippen LogP contribution in [0.1, 0.15) is 43.7 Å². The van der Waals surface area contributed by atoms with Crippen molar-refractivity contribution < 1.29 is 9.59 Å². The Morgan fingerprint density at radius 1 is 1.13 bits per heavy atom. The third-order valence-corrected chi connectivity index (χ3v) is 6.44. The molecule has 2 aliphatic rings. The quantitative estimate of drug-likeness (QED) is 0.558. The first-order chi connectivity index (χ1) is 15.0. The molecule has 2 aliphatic heterocycles. The van der Waals surface area contributed by atoms with Crippen molar-refractivity contribution in [1.82, 2.24) is 19.4 Å². The third kappa shape index (κ3) is 4.43. The summed E-state index contributed by atoms with van der Waals surface area (Å²) in [6.07, 6.45) is 3.68. The first-order valence-corrected chi connectivity index (χ1v) is 10.9. The number of carbonyl (C=O) groups is 2. The lowest BCUT2D eigenvalue weighted by Gasteiger charge is -2.30. The van der Waals surface area contributed by atoms with Gasteiger partial charge >= 0.3 is 5.69 Å². The van der Waals surface area contributed by atoms with Crippen LogP contribution in [0.2, 0.25) is 0 Å². The second kappa shape index (κ2) is 9.08.